The molecule has 2 aromatic rings. The zero-order valence-electron chi connectivity index (χ0n) is 23.5. The molecule has 0 aliphatic carbocycles. The summed E-state index contributed by atoms with van der Waals surface area (Å²) in [4.78, 5) is 15.4. The number of anilines is 1. The van der Waals surface area contributed by atoms with Crippen molar-refractivity contribution in [2.75, 3.05) is 37.8 Å². The van der Waals surface area contributed by atoms with Gasteiger partial charge in [0.25, 0.3) is 5.91 Å². The molecule has 3 rings (SSSR count). The monoisotopic (exact) mass is 527 g/mol. The highest BCUT2D eigenvalue weighted by molar-refractivity contribution is 7.88. The van der Waals surface area contributed by atoms with Crippen molar-refractivity contribution in [3.05, 3.63) is 65.2 Å². The Morgan fingerprint density at radius 1 is 1.11 bits per heavy atom. The van der Waals surface area contributed by atoms with Crippen LogP contribution in [-0.2, 0) is 21.9 Å². The number of rotatable bonds is 10. The summed E-state index contributed by atoms with van der Waals surface area (Å²) in [5.41, 5.74) is 3.92. The van der Waals surface area contributed by atoms with Crippen LogP contribution in [0.25, 0.3) is 0 Å². The Bertz CT molecular complexity index is 1130. The van der Waals surface area contributed by atoms with Gasteiger partial charge in [-0.2, -0.15) is 0 Å². The first-order valence-electron chi connectivity index (χ1n) is 13.6. The van der Waals surface area contributed by atoms with Crippen molar-refractivity contribution in [2.24, 2.45) is 5.92 Å². The summed E-state index contributed by atoms with van der Waals surface area (Å²) >= 11 is 0. The Morgan fingerprint density at radius 2 is 1.76 bits per heavy atom. The van der Waals surface area contributed by atoms with Crippen LogP contribution >= 0.6 is 0 Å². The van der Waals surface area contributed by atoms with Gasteiger partial charge in [-0.15, -0.1) is 0 Å². The third-order valence-corrected chi connectivity index (χ3v) is 8.70. The van der Waals surface area contributed by atoms with E-state index in [4.69, 9.17) is 0 Å². The van der Waals surface area contributed by atoms with E-state index in [0.717, 1.165) is 44.5 Å². The molecule has 0 spiro atoms. The van der Waals surface area contributed by atoms with E-state index in [1.54, 1.807) is 4.31 Å². The van der Waals surface area contributed by atoms with Gasteiger partial charge in [0.2, 0.25) is 10.0 Å². The molecule has 1 aliphatic heterocycles. The van der Waals surface area contributed by atoms with E-state index >= 15 is 0 Å². The molecule has 1 aliphatic rings. The van der Waals surface area contributed by atoms with Gasteiger partial charge in [0, 0.05) is 36.9 Å². The average molecular weight is 528 g/mol. The van der Waals surface area contributed by atoms with Crippen molar-refractivity contribution in [3.8, 4) is 0 Å². The second-order valence-electron chi connectivity index (χ2n) is 11.6. The minimum Gasteiger partial charge on any atom is -0.322 e. The predicted octanol–water partition coefficient (Wildman–Crippen LogP) is 5.55. The molecule has 0 radical (unpaired) electrons. The zero-order valence-corrected chi connectivity index (χ0v) is 24.3. The van der Waals surface area contributed by atoms with Crippen LogP contribution in [0.4, 0.5) is 5.69 Å². The maximum Gasteiger partial charge on any atom is 0.255 e. The van der Waals surface area contributed by atoms with Crippen molar-refractivity contribution in [1.29, 1.82) is 0 Å². The van der Waals surface area contributed by atoms with E-state index in [1.807, 2.05) is 36.4 Å². The van der Waals surface area contributed by atoms with Crippen LogP contribution in [0.3, 0.4) is 0 Å². The lowest BCUT2D eigenvalue weighted by molar-refractivity contribution is 0.102. The minimum atomic E-state index is -3.09. The molecular formula is C30H45N3O3S. The molecule has 0 bridgehead atoms. The molecule has 0 unspecified atom stereocenters. The lowest BCUT2D eigenvalue weighted by atomic mass is 9.87. The van der Waals surface area contributed by atoms with E-state index in [0.29, 0.717) is 30.6 Å². The normalized spacial score (nSPS) is 16.6. The first-order chi connectivity index (χ1) is 17.4. The van der Waals surface area contributed by atoms with Gasteiger partial charge >= 0.3 is 0 Å². The van der Waals surface area contributed by atoms with Gasteiger partial charge in [0.05, 0.1) is 6.26 Å². The van der Waals surface area contributed by atoms with Gasteiger partial charge in [-0.3, -0.25) is 4.79 Å². The number of hydrogen-bond donors (Lipinski definition) is 1. The molecular weight excluding hydrogens is 482 g/mol. The van der Waals surface area contributed by atoms with E-state index < -0.39 is 10.0 Å². The zero-order chi connectivity index (χ0) is 27.2. The molecule has 204 valence electrons. The number of sulfonamides is 1. The fraction of sp³-hybridized carbons (Fsp3) is 0.567. The van der Waals surface area contributed by atoms with Crippen LogP contribution in [0.15, 0.2) is 48.5 Å². The van der Waals surface area contributed by atoms with E-state index in [1.165, 1.54) is 17.4 Å². The molecule has 1 amide bonds. The summed E-state index contributed by atoms with van der Waals surface area (Å²) in [6.07, 6.45) is 5.11. The van der Waals surface area contributed by atoms with E-state index in [-0.39, 0.29) is 11.3 Å². The van der Waals surface area contributed by atoms with Gasteiger partial charge < -0.3 is 10.2 Å². The Hall–Kier alpha value is -2.22. The molecule has 1 atom stereocenters. The molecule has 0 saturated carbocycles. The van der Waals surface area contributed by atoms with Crippen molar-refractivity contribution >= 4 is 21.6 Å². The van der Waals surface area contributed by atoms with Crippen molar-refractivity contribution in [2.45, 2.75) is 71.8 Å². The van der Waals surface area contributed by atoms with Crippen LogP contribution in [0.2, 0.25) is 0 Å². The summed E-state index contributed by atoms with van der Waals surface area (Å²) in [7, 11) is -3.09. The third-order valence-electron chi connectivity index (χ3n) is 7.40. The molecule has 37 heavy (non-hydrogen) atoms. The maximum atomic E-state index is 12.8. The van der Waals surface area contributed by atoms with Gasteiger partial charge in [-0.25, -0.2) is 12.7 Å². The van der Waals surface area contributed by atoms with Crippen LogP contribution in [0.1, 0.15) is 75.4 Å². The highest BCUT2D eigenvalue weighted by atomic mass is 32.2. The number of amides is 1. The second kappa shape index (κ2) is 12.5. The number of hydrogen-bond acceptors (Lipinski definition) is 4. The first-order valence-corrected chi connectivity index (χ1v) is 15.4. The maximum absolute atomic E-state index is 12.8. The van der Waals surface area contributed by atoms with Gasteiger partial charge in [0.15, 0.2) is 0 Å². The lowest BCUT2D eigenvalue weighted by Crippen LogP contribution is -2.44. The quantitative estimate of drug-likeness (QED) is 0.440. The van der Waals surface area contributed by atoms with Crippen molar-refractivity contribution < 1.29 is 13.2 Å². The molecule has 1 fully saturated rings. The fourth-order valence-electron chi connectivity index (χ4n) is 5.11. The highest BCUT2D eigenvalue weighted by Gasteiger charge is 2.27. The average Bonchev–Trinajstić information content (AvgIpc) is 2.83. The number of carbonyl (C=O) groups is 1. The number of nitrogens with one attached hydrogen (secondary N) is 1. The van der Waals surface area contributed by atoms with Crippen molar-refractivity contribution in [1.82, 2.24) is 9.21 Å². The first kappa shape index (κ1) is 29.3. The molecule has 7 heteroatoms. The predicted molar refractivity (Wildman–Crippen MR) is 154 cm³/mol. The number of benzene rings is 2. The largest absolute Gasteiger partial charge is 0.322 e. The van der Waals surface area contributed by atoms with E-state index in [2.05, 4.69) is 57.0 Å². The molecule has 1 N–H and O–H groups in total. The lowest BCUT2D eigenvalue weighted by Gasteiger charge is -2.36. The van der Waals surface area contributed by atoms with Gasteiger partial charge in [-0.05, 0) is 85.9 Å². The van der Waals surface area contributed by atoms with Crippen LogP contribution in [0, 0.1) is 5.92 Å². The molecule has 1 heterocycles. The Labute approximate surface area is 224 Å². The Balaban J connectivity index is 1.59. The number of piperidine rings is 1. The summed E-state index contributed by atoms with van der Waals surface area (Å²) in [5, 5.41) is 3.06. The standard InChI is InChI=1S/C30H45N3O3S/c1-7-17-32(22-24-15-18-33(19-16-24)37(6,35)36)23(2)20-25-9-8-10-28(21-25)31-29(34)26-11-13-27(14-12-26)30(3,4)5/h8-14,21,23-24H,7,15-20,22H2,1-6H3,(H,31,34)/t23-/m1/s1. The molecule has 0 aromatic heterocycles. The van der Waals surface area contributed by atoms with Crippen LogP contribution in [0.5, 0.6) is 0 Å². The Kier molecular flexibility index (Phi) is 9.95. The van der Waals surface area contributed by atoms with Gasteiger partial charge in [0.1, 0.15) is 0 Å². The molecule has 6 nitrogen and oxygen atoms in total. The smallest absolute Gasteiger partial charge is 0.255 e. The molecule has 1 saturated heterocycles. The Morgan fingerprint density at radius 3 is 2.32 bits per heavy atom. The second-order valence-corrected chi connectivity index (χ2v) is 13.6. The third kappa shape index (κ3) is 8.66. The number of carbonyl (C=O) groups excluding carboxylic acids is 1. The van der Waals surface area contributed by atoms with E-state index in [9.17, 15) is 13.2 Å². The summed E-state index contributed by atoms with van der Waals surface area (Å²) in [5.74, 6) is 0.418. The van der Waals surface area contributed by atoms with Gasteiger partial charge in [-0.1, -0.05) is 52.0 Å². The SMILES string of the molecule is CCCN(CC1CCN(S(C)(=O)=O)CC1)[C@H](C)Cc1cccc(NC(=O)c2ccc(C(C)(C)C)cc2)c1. The van der Waals surface area contributed by atoms with Crippen molar-refractivity contribution in [3.63, 3.8) is 0 Å². The van der Waals surface area contributed by atoms with Crippen LogP contribution in [-0.4, -0.2) is 62.0 Å². The summed E-state index contributed by atoms with van der Waals surface area (Å²) in [6, 6.07) is 16.3. The highest BCUT2D eigenvalue weighted by Crippen LogP contribution is 2.24. The summed E-state index contributed by atoms with van der Waals surface area (Å²) < 4.78 is 25.3. The molecule has 2 aromatic carbocycles. The topological polar surface area (TPSA) is 69.7 Å². The fourth-order valence-corrected chi connectivity index (χ4v) is 5.98. The summed E-state index contributed by atoms with van der Waals surface area (Å²) in [6.45, 7) is 14.2. The van der Waals surface area contributed by atoms with Crippen LogP contribution < -0.4 is 5.32 Å². The minimum absolute atomic E-state index is 0.0547. The number of nitrogens with zero attached hydrogens (tertiary/aromatic N) is 2.